The minimum absolute atomic E-state index is 0.211. The second-order valence-electron chi connectivity index (χ2n) is 5.67. The molecule has 0 radical (unpaired) electrons. The van der Waals surface area contributed by atoms with E-state index in [2.05, 4.69) is 15.2 Å². The van der Waals surface area contributed by atoms with Crippen LogP contribution in [0.25, 0.3) is 10.2 Å². The van der Waals surface area contributed by atoms with Gasteiger partial charge in [-0.05, 0) is 30.3 Å². The third-order valence-electron chi connectivity index (χ3n) is 3.97. The van der Waals surface area contributed by atoms with Crippen molar-refractivity contribution in [2.75, 3.05) is 11.4 Å². The van der Waals surface area contributed by atoms with E-state index in [1.165, 1.54) is 28.2 Å². The maximum atomic E-state index is 13.5. The van der Waals surface area contributed by atoms with Gasteiger partial charge in [0, 0.05) is 32.2 Å². The Morgan fingerprint density at radius 2 is 2.15 bits per heavy atom. The minimum Gasteiger partial charge on any atom is -0.281 e. The predicted octanol–water partition coefficient (Wildman–Crippen LogP) is 2.71. The Balaban J connectivity index is 1.70. The van der Waals surface area contributed by atoms with Gasteiger partial charge in [-0.25, -0.2) is 9.37 Å². The first-order valence-electron chi connectivity index (χ1n) is 7.95. The molecule has 0 saturated carbocycles. The maximum Gasteiger partial charge on any atom is 0.278 e. The molecule has 0 aliphatic heterocycles. The summed E-state index contributed by atoms with van der Waals surface area (Å²) in [5.41, 5.74) is 1.11. The van der Waals surface area contributed by atoms with Crippen molar-refractivity contribution in [3.63, 3.8) is 0 Å². The smallest absolute Gasteiger partial charge is 0.278 e. The number of halogens is 1. The van der Waals surface area contributed by atoms with Crippen molar-refractivity contribution in [2.24, 2.45) is 7.05 Å². The lowest BCUT2D eigenvalue weighted by atomic mass is 10.3. The molecule has 7 nitrogen and oxygen atoms in total. The minimum atomic E-state index is -0.325. The number of thiazole rings is 1. The van der Waals surface area contributed by atoms with Crippen LogP contribution in [0.1, 0.15) is 10.5 Å². The van der Waals surface area contributed by atoms with Crippen LogP contribution in [-0.4, -0.2) is 37.0 Å². The number of fused-ring (bicyclic) bond motifs is 1. The fourth-order valence-electron chi connectivity index (χ4n) is 2.64. The number of amides is 1. The Bertz CT molecular complexity index is 1050. The third kappa shape index (κ3) is 3.08. The number of nitrogens with zero attached hydrogens (tertiary/aromatic N) is 6. The topological polar surface area (TPSA) is 68.8 Å². The number of hydrogen-bond donors (Lipinski definition) is 0. The molecule has 26 heavy (non-hydrogen) atoms. The van der Waals surface area contributed by atoms with E-state index in [1.54, 1.807) is 41.2 Å². The summed E-state index contributed by atoms with van der Waals surface area (Å²) in [5, 5.41) is 8.75. The van der Waals surface area contributed by atoms with Gasteiger partial charge in [0.1, 0.15) is 11.5 Å². The number of aromatic nitrogens is 5. The molecular formula is C17H15FN6OS. The highest BCUT2D eigenvalue weighted by atomic mass is 32.1. The van der Waals surface area contributed by atoms with Crippen molar-refractivity contribution in [1.82, 2.24) is 24.5 Å². The third-order valence-corrected chi connectivity index (χ3v) is 5.01. The molecule has 0 spiro atoms. The summed E-state index contributed by atoms with van der Waals surface area (Å²) >= 11 is 1.28. The summed E-state index contributed by atoms with van der Waals surface area (Å²) < 4.78 is 17.5. The lowest BCUT2D eigenvalue weighted by molar-refractivity contribution is 0.0976. The summed E-state index contributed by atoms with van der Waals surface area (Å²) in [4.78, 5) is 19.2. The van der Waals surface area contributed by atoms with E-state index in [0.717, 1.165) is 0 Å². The lowest BCUT2D eigenvalue weighted by Gasteiger charge is -2.19. The van der Waals surface area contributed by atoms with Gasteiger partial charge in [-0.2, -0.15) is 10.2 Å². The van der Waals surface area contributed by atoms with Crippen molar-refractivity contribution < 1.29 is 9.18 Å². The van der Waals surface area contributed by atoms with E-state index in [1.807, 2.05) is 12.3 Å². The Kier molecular flexibility index (Phi) is 4.21. The van der Waals surface area contributed by atoms with E-state index in [0.29, 0.717) is 34.1 Å². The zero-order valence-corrected chi connectivity index (χ0v) is 14.7. The Labute approximate surface area is 152 Å². The number of benzene rings is 1. The fourth-order valence-corrected chi connectivity index (χ4v) is 3.66. The highest BCUT2D eigenvalue weighted by Gasteiger charge is 2.23. The van der Waals surface area contributed by atoms with Crippen LogP contribution in [0.3, 0.4) is 0 Å². The second kappa shape index (κ2) is 6.68. The van der Waals surface area contributed by atoms with Crippen LogP contribution < -0.4 is 4.90 Å². The number of carbonyl (C=O) groups is 1. The molecule has 0 aliphatic rings. The summed E-state index contributed by atoms with van der Waals surface area (Å²) in [7, 11) is 1.71. The maximum absolute atomic E-state index is 13.5. The standard InChI is InChI=1S/C17H15FN6OS/c1-22-14(5-7-19-22)16(25)24(10-9-23-8-2-6-20-23)17-21-13-4-3-12(18)11-15(13)26-17/h2-8,11H,9-10H2,1H3. The highest BCUT2D eigenvalue weighted by molar-refractivity contribution is 7.22. The molecule has 1 amide bonds. The van der Waals surface area contributed by atoms with Crippen LogP contribution in [0.4, 0.5) is 9.52 Å². The van der Waals surface area contributed by atoms with Gasteiger partial charge in [-0.3, -0.25) is 19.1 Å². The monoisotopic (exact) mass is 370 g/mol. The molecule has 0 unspecified atom stereocenters. The SMILES string of the molecule is Cn1nccc1C(=O)N(CCn1cccn1)c1nc2ccc(F)cc2s1. The molecule has 1 aromatic carbocycles. The first kappa shape index (κ1) is 16.4. The summed E-state index contributed by atoms with van der Waals surface area (Å²) in [6.45, 7) is 0.898. The van der Waals surface area contributed by atoms with Gasteiger partial charge in [-0.15, -0.1) is 0 Å². The summed E-state index contributed by atoms with van der Waals surface area (Å²) in [5.74, 6) is -0.537. The normalized spacial score (nSPS) is 11.2. The van der Waals surface area contributed by atoms with Crippen molar-refractivity contribution in [2.45, 2.75) is 6.54 Å². The van der Waals surface area contributed by atoms with Crippen molar-refractivity contribution in [3.05, 3.63) is 60.4 Å². The van der Waals surface area contributed by atoms with Gasteiger partial charge < -0.3 is 0 Å². The molecule has 3 heterocycles. The van der Waals surface area contributed by atoms with Crippen LogP contribution in [0.5, 0.6) is 0 Å². The van der Waals surface area contributed by atoms with Crippen LogP contribution in [0.15, 0.2) is 48.9 Å². The zero-order valence-electron chi connectivity index (χ0n) is 13.9. The van der Waals surface area contributed by atoms with Gasteiger partial charge >= 0.3 is 0 Å². The molecule has 0 atom stereocenters. The average Bonchev–Trinajstić information content (AvgIpc) is 3.35. The van der Waals surface area contributed by atoms with Gasteiger partial charge in [0.25, 0.3) is 5.91 Å². The molecule has 9 heteroatoms. The number of anilines is 1. The van der Waals surface area contributed by atoms with E-state index in [-0.39, 0.29) is 11.7 Å². The molecule has 0 saturated heterocycles. The van der Waals surface area contributed by atoms with Crippen molar-refractivity contribution in [3.8, 4) is 0 Å². The second-order valence-corrected chi connectivity index (χ2v) is 6.68. The predicted molar refractivity (Wildman–Crippen MR) is 96.7 cm³/mol. The molecule has 0 fully saturated rings. The Morgan fingerprint density at radius 3 is 2.88 bits per heavy atom. The number of hydrogen-bond acceptors (Lipinski definition) is 5. The zero-order chi connectivity index (χ0) is 18.1. The molecule has 132 valence electrons. The highest BCUT2D eigenvalue weighted by Crippen LogP contribution is 2.30. The molecular weight excluding hydrogens is 355 g/mol. The Morgan fingerprint density at radius 1 is 1.27 bits per heavy atom. The van der Waals surface area contributed by atoms with Gasteiger partial charge in [0.05, 0.1) is 16.8 Å². The molecule has 3 aromatic heterocycles. The van der Waals surface area contributed by atoms with Crippen LogP contribution in [0, 0.1) is 5.82 Å². The number of carbonyl (C=O) groups excluding carboxylic acids is 1. The Hall–Kier alpha value is -3.07. The van der Waals surface area contributed by atoms with Crippen molar-refractivity contribution >= 4 is 32.6 Å². The molecule has 4 aromatic rings. The molecule has 0 N–H and O–H groups in total. The van der Waals surface area contributed by atoms with E-state index >= 15 is 0 Å². The summed E-state index contributed by atoms with van der Waals surface area (Å²) in [6.07, 6.45) is 5.10. The quantitative estimate of drug-likeness (QED) is 0.542. The van der Waals surface area contributed by atoms with E-state index < -0.39 is 0 Å². The van der Waals surface area contributed by atoms with Gasteiger partial charge in [0.15, 0.2) is 5.13 Å². The van der Waals surface area contributed by atoms with E-state index in [9.17, 15) is 9.18 Å². The average molecular weight is 370 g/mol. The van der Waals surface area contributed by atoms with Crippen molar-refractivity contribution in [1.29, 1.82) is 0 Å². The summed E-state index contributed by atoms with van der Waals surface area (Å²) in [6, 6.07) is 7.90. The van der Waals surface area contributed by atoms with Gasteiger partial charge in [0.2, 0.25) is 0 Å². The largest absolute Gasteiger partial charge is 0.281 e. The lowest BCUT2D eigenvalue weighted by Crippen LogP contribution is -2.35. The van der Waals surface area contributed by atoms with Gasteiger partial charge in [-0.1, -0.05) is 11.3 Å². The molecule has 0 aliphatic carbocycles. The van der Waals surface area contributed by atoms with Crippen LogP contribution in [0.2, 0.25) is 0 Å². The first-order valence-corrected chi connectivity index (χ1v) is 8.77. The molecule has 4 rings (SSSR count). The first-order chi connectivity index (χ1) is 12.6. The number of aryl methyl sites for hydroxylation is 1. The van der Waals surface area contributed by atoms with E-state index in [4.69, 9.17) is 0 Å². The van der Waals surface area contributed by atoms with Crippen LogP contribution in [-0.2, 0) is 13.6 Å². The van der Waals surface area contributed by atoms with Crippen LogP contribution >= 0.6 is 11.3 Å². The molecule has 0 bridgehead atoms. The fraction of sp³-hybridized carbons (Fsp3) is 0.176. The number of rotatable bonds is 5.